The monoisotopic (exact) mass is 305 g/mol. The highest BCUT2D eigenvalue weighted by molar-refractivity contribution is 5.74. The maximum Gasteiger partial charge on any atom is 0.318 e. The number of pyridine rings is 1. The highest BCUT2D eigenvalue weighted by atomic mass is 16.5. The molecule has 0 spiro atoms. The lowest BCUT2D eigenvalue weighted by Gasteiger charge is -2.34. The van der Waals surface area contributed by atoms with Gasteiger partial charge < -0.3 is 15.0 Å². The SMILES string of the molecule is CCCC1CN(C(=O)NC(c2ccccn2)C(C)C)CCO1. The van der Waals surface area contributed by atoms with E-state index in [-0.39, 0.29) is 24.1 Å². The van der Waals surface area contributed by atoms with Crippen molar-refractivity contribution in [3.8, 4) is 0 Å². The molecule has 0 aliphatic carbocycles. The van der Waals surface area contributed by atoms with E-state index < -0.39 is 0 Å². The number of nitrogens with one attached hydrogen (secondary N) is 1. The number of carbonyl (C=O) groups excluding carboxylic acids is 1. The molecule has 1 aliphatic heterocycles. The summed E-state index contributed by atoms with van der Waals surface area (Å²) < 4.78 is 5.70. The number of hydrogen-bond acceptors (Lipinski definition) is 3. The summed E-state index contributed by atoms with van der Waals surface area (Å²) >= 11 is 0. The number of carbonyl (C=O) groups is 1. The number of urea groups is 1. The highest BCUT2D eigenvalue weighted by Gasteiger charge is 2.27. The van der Waals surface area contributed by atoms with E-state index >= 15 is 0 Å². The Labute approximate surface area is 133 Å². The van der Waals surface area contributed by atoms with Crippen molar-refractivity contribution in [2.24, 2.45) is 5.92 Å². The molecular formula is C17H27N3O2. The van der Waals surface area contributed by atoms with Crippen LogP contribution in [0, 0.1) is 5.92 Å². The molecule has 2 heterocycles. The minimum Gasteiger partial charge on any atom is -0.375 e. The lowest BCUT2D eigenvalue weighted by molar-refractivity contribution is -0.0186. The minimum atomic E-state index is -0.0684. The Balaban J connectivity index is 1.99. The Morgan fingerprint density at radius 1 is 1.50 bits per heavy atom. The van der Waals surface area contributed by atoms with Gasteiger partial charge in [0.25, 0.3) is 0 Å². The van der Waals surface area contributed by atoms with Crippen LogP contribution in [0.3, 0.4) is 0 Å². The van der Waals surface area contributed by atoms with Crippen molar-refractivity contribution in [2.45, 2.75) is 45.8 Å². The van der Waals surface area contributed by atoms with Gasteiger partial charge in [0.15, 0.2) is 0 Å². The maximum atomic E-state index is 12.6. The average molecular weight is 305 g/mol. The first kappa shape index (κ1) is 16.7. The van der Waals surface area contributed by atoms with E-state index in [0.29, 0.717) is 19.7 Å². The molecule has 0 saturated carbocycles. The quantitative estimate of drug-likeness (QED) is 0.910. The van der Waals surface area contributed by atoms with E-state index in [4.69, 9.17) is 4.74 Å². The number of aromatic nitrogens is 1. The molecular weight excluding hydrogens is 278 g/mol. The molecule has 1 aromatic rings. The predicted molar refractivity (Wildman–Crippen MR) is 86.6 cm³/mol. The van der Waals surface area contributed by atoms with Gasteiger partial charge in [0.2, 0.25) is 0 Å². The van der Waals surface area contributed by atoms with Gasteiger partial charge in [-0.15, -0.1) is 0 Å². The Kier molecular flexibility index (Phi) is 6.19. The second-order valence-corrected chi connectivity index (χ2v) is 6.15. The van der Waals surface area contributed by atoms with E-state index in [1.807, 2.05) is 23.1 Å². The standard InChI is InChI=1S/C17H27N3O2/c1-4-7-14-12-20(10-11-22-14)17(21)19-16(13(2)3)15-8-5-6-9-18-15/h5-6,8-9,13-14,16H,4,7,10-12H2,1-3H3,(H,19,21). The first-order chi connectivity index (χ1) is 10.6. The number of nitrogens with zero attached hydrogens (tertiary/aromatic N) is 2. The third-order valence-corrected chi connectivity index (χ3v) is 3.99. The van der Waals surface area contributed by atoms with Crippen LogP contribution in [-0.4, -0.2) is 41.7 Å². The van der Waals surface area contributed by atoms with Crippen LogP contribution < -0.4 is 5.32 Å². The lowest BCUT2D eigenvalue weighted by Crippen LogP contribution is -2.50. The van der Waals surface area contributed by atoms with Gasteiger partial charge in [-0.1, -0.05) is 33.3 Å². The molecule has 2 atom stereocenters. The van der Waals surface area contributed by atoms with E-state index in [9.17, 15) is 4.79 Å². The van der Waals surface area contributed by atoms with Gasteiger partial charge in [-0.05, 0) is 24.5 Å². The Morgan fingerprint density at radius 3 is 2.95 bits per heavy atom. The summed E-state index contributed by atoms with van der Waals surface area (Å²) in [6.45, 7) is 8.27. The summed E-state index contributed by atoms with van der Waals surface area (Å²) in [6, 6.07) is 5.72. The maximum absolute atomic E-state index is 12.6. The van der Waals surface area contributed by atoms with Gasteiger partial charge in [0.05, 0.1) is 24.4 Å². The third-order valence-electron chi connectivity index (χ3n) is 3.99. The van der Waals surface area contributed by atoms with Crippen LogP contribution in [0.25, 0.3) is 0 Å². The fraction of sp³-hybridized carbons (Fsp3) is 0.647. The Hall–Kier alpha value is -1.62. The first-order valence-electron chi connectivity index (χ1n) is 8.19. The van der Waals surface area contributed by atoms with Crippen LogP contribution in [0.4, 0.5) is 4.79 Å². The molecule has 2 rings (SSSR count). The van der Waals surface area contributed by atoms with Crippen LogP contribution in [0.2, 0.25) is 0 Å². The lowest BCUT2D eigenvalue weighted by atomic mass is 10.0. The van der Waals surface area contributed by atoms with Crippen molar-refractivity contribution in [1.82, 2.24) is 15.2 Å². The van der Waals surface area contributed by atoms with Crippen molar-refractivity contribution in [3.63, 3.8) is 0 Å². The molecule has 1 aliphatic rings. The van der Waals surface area contributed by atoms with Gasteiger partial charge in [-0.3, -0.25) is 4.98 Å². The summed E-state index contributed by atoms with van der Waals surface area (Å²) in [5.74, 6) is 0.284. The summed E-state index contributed by atoms with van der Waals surface area (Å²) in [4.78, 5) is 18.8. The molecule has 2 amide bonds. The average Bonchev–Trinajstić information content (AvgIpc) is 2.53. The van der Waals surface area contributed by atoms with Gasteiger partial charge in [0.1, 0.15) is 0 Å². The largest absolute Gasteiger partial charge is 0.375 e. The summed E-state index contributed by atoms with van der Waals surface area (Å²) in [7, 11) is 0. The molecule has 5 nitrogen and oxygen atoms in total. The molecule has 122 valence electrons. The van der Waals surface area contributed by atoms with Crippen LogP contribution >= 0.6 is 0 Å². The summed E-state index contributed by atoms with van der Waals surface area (Å²) in [5, 5.41) is 3.13. The molecule has 1 fully saturated rings. The van der Waals surface area contributed by atoms with Gasteiger partial charge in [-0.2, -0.15) is 0 Å². The number of ether oxygens (including phenoxy) is 1. The molecule has 1 saturated heterocycles. The van der Waals surface area contributed by atoms with Gasteiger partial charge in [-0.25, -0.2) is 4.79 Å². The summed E-state index contributed by atoms with van der Waals surface area (Å²) in [5.41, 5.74) is 0.907. The van der Waals surface area contributed by atoms with Crippen molar-refractivity contribution >= 4 is 6.03 Å². The van der Waals surface area contributed by atoms with Gasteiger partial charge in [0, 0.05) is 19.3 Å². The smallest absolute Gasteiger partial charge is 0.318 e. The predicted octanol–water partition coefficient (Wildman–Crippen LogP) is 2.99. The number of hydrogen-bond donors (Lipinski definition) is 1. The zero-order valence-corrected chi connectivity index (χ0v) is 13.8. The fourth-order valence-electron chi connectivity index (χ4n) is 2.77. The van der Waals surface area contributed by atoms with Crippen molar-refractivity contribution in [3.05, 3.63) is 30.1 Å². The normalized spacial score (nSPS) is 20.0. The molecule has 1 aromatic heterocycles. The second-order valence-electron chi connectivity index (χ2n) is 6.15. The molecule has 0 bridgehead atoms. The van der Waals surface area contributed by atoms with E-state index in [0.717, 1.165) is 18.5 Å². The minimum absolute atomic E-state index is 0.0197. The fourth-order valence-corrected chi connectivity index (χ4v) is 2.77. The van der Waals surface area contributed by atoms with E-state index in [1.165, 1.54) is 0 Å². The zero-order valence-electron chi connectivity index (χ0n) is 13.8. The van der Waals surface area contributed by atoms with Crippen LogP contribution in [0.5, 0.6) is 0 Å². The van der Waals surface area contributed by atoms with Crippen LogP contribution in [0.1, 0.15) is 45.3 Å². The van der Waals surface area contributed by atoms with E-state index in [2.05, 4.69) is 31.1 Å². The third kappa shape index (κ3) is 4.44. The highest BCUT2D eigenvalue weighted by Crippen LogP contribution is 2.20. The topological polar surface area (TPSA) is 54.5 Å². The van der Waals surface area contributed by atoms with Crippen molar-refractivity contribution in [2.75, 3.05) is 19.7 Å². The molecule has 0 radical (unpaired) electrons. The number of morpholine rings is 1. The van der Waals surface area contributed by atoms with Crippen LogP contribution in [-0.2, 0) is 4.74 Å². The van der Waals surface area contributed by atoms with E-state index in [1.54, 1.807) is 6.20 Å². The molecule has 5 heteroatoms. The molecule has 1 N–H and O–H groups in total. The molecule has 22 heavy (non-hydrogen) atoms. The van der Waals surface area contributed by atoms with Crippen LogP contribution in [0.15, 0.2) is 24.4 Å². The second kappa shape index (κ2) is 8.13. The number of rotatable bonds is 5. The number of amides is 2. The zero-order chi connectivity index (χ0) is 15.9. The van der Waals surface area contributed by atoms with Gasteiger partial charge >= 0.3 is 6.03 Å². The summed E-state index contributed by atoms with van der Waals surface area (Å²) in [6.07, 6.45) is 4.00. The van der Waals surface area contributed by atoms with Crippen molar-refractivity contribution < 1.29 is 9.53 Å². The first-order valence-corrected chi connectivity index (χ1v) is 8.19. The molecule has 2 unspecified atom stereocenters. The van der Waals surface area contributed by atoms with Crippen molar-refractivity contribution in [1.29, 1.82) is 0 Å². The Bertz CT molecular complexity index is 462. The Morgan fingerprint density at radius 2 is 2.32 bits per heavy atom. The molecule has 0 aromatic carbocycles.